The lowest BCUT2D eigenvalue weighted by molar-refractivity contribution is -0.132. The molecule has 178 valence electrons. The van der Waals surface area contributed by atoms with Gasteiger partial charge in [0.15, 0.2) is 0 Å². The molecule has 1 aromatic heterocycles. The van der Waals surface area contributed by atoms with E-state index >= 15 is 0 Å². The van der Waals surface area contributed by atoms with Crippen molar-refractivity contribution >= 4 is 17.5 Å². The molecule has 2 aromatic carbocycles. The van der Waals surface area contributed by atoms with Crippen molar-refractivity contribution in [2.45, 2.75) is 33.2 Å². The molecule has 0 fully saturated rings. The number of anilines is 1. The Kier molecular flexibility index (Phi) is 6.91. The van der Waals surface area contributed by atoms with Gasteiger partial charge in [0.05, 0.1) is 14.2 Å². The van der Waals surface area contributed by atoms with Gasteiger partial charge in [-0.05, 0) is 36.2 Å². The Morgan fingerprint density at radius 1 is 1.06 bits per heavy atom. The van der Waals surface area contributed by atoms with Crippen molar-refractivity contribution in [3.05, 3.63) is 65.4 Å². The van der Waals surface area contributed by atoms with E-state index in [-0.39, 0.29) is 11.8 Å². The highest BCUT2D eigenvalue weighted by Gasteiger charge is 2.25. The maximum absolute atomic E-state index is 12.9. The van der Waals surface area contributed by atoms with Crippen LogP contribution in [0.15, 0.2) is 52.9 Å². The maximum Gasteiger partial charge on any atom is 0.255 e. The summed E-state index contributed by atoms with van der Waals surface area (Å²) < 4.78 is 16.6. The minimum atomic E-state index is -0.271. The molecule has 0 unspecified atom stereocenters. The molecule has 34 heavy (non-hydrogen) atoms. The predicted molar refractivity (Wildman–Crippen MR) is 130 cm³/mol. The molecule has 0 saturated heterocycles. The fourth-order valence-electron chi connectivity index (χ4n) is 4.06. The van der Waals surface area contributed by atoms with Crippen molar-refractivity contribution in [3.8, 4) is 22.8 Å². The fraction of sp³-hybridized carbons (Fsp3) is 0.333. The van der Waals surface area contributed by atoms with Gasteiger partial charge in [0.2, 0.25) is 5.91 Å². The number of hydrogen-bond donors (Lipinski definition) is 1. The van der Waals surface area contributed by atoms with Gasteiger partial charge in [0.1, 0.15) is 23.0 Å². The van der Waals surface area contributed by atoms with Crippen LogP contribution < -0.4 is 14.8 Å². The first kappa shape index (κ1) is 23.4. The Morgan fingerprint density at radius 2 is 1.79 bits per heavy atom. The number of furan rings is 1. The Morgan fingerprint density at radius 3 is 2.47 bits per heavy atom. The monoisotopic (exact) mass is 462 g/mol. The highest BCUT2D eigenvalue weighted by Crippen LogP contribution is 2.31. The van der Waals surface area contributed by atoms with Crippen LogP contribution >= 0.6 is 0 Å². The molecule has 2 amide bonds. The van der Waals surface area contributed by atoms with E-state index in [1.54, 1.807) is 32.4 Å². The molecule has 0 radical (unpaired) electrons. The molecule has 0 saturated carbocycles. The zero-order chi connectivity index (χ0) is 24.2. The van der Waals surface area contributed by atoms with Crippen LogP contribution in [0.5, 0.6) is 11.5 Å². The minimum absolute atomic E-state index is 0.183. The molecule has 0 spiro atoms. The van der Waals surface area contributed by atoms with Crippen LogP contribution in [0, 0.1) is 5.92 Å². The number of carbonyl (C=O) groups is 2. The first-order valence-corrected chi connectivity index (χ1v) is 11.4. The summed E-state index contributed by atoms with van der Waals surface area (Å²) in [6, 6.07) is 14.6. The second-order valence-electron chi connectivity index (χ2n) is 8.86. The Hall–Kier alpha value is -3.74. The van der Waals surface area contributed by atoms with Crippen molar-refractivity contribution in [1.29, 1.82) is 0 Å². The van der Waals surface area contributed by atoms with Gasteiger partial charge in [-0.2, -0.15) is 0 Å². The molecule has 1 N–H and O–H groups in total. The molecule has 1 aliphatic rings. The normalized spacial score (nSPS) is 12.9. The van der Waals surface area contributed by atoms with Crippen LogP contribution in [-0.2, 0) is 17.8 Å². The SMILES string of the molecule is COc1cc(OC)cc(C(=O)Nc2cccc(-c3cc4c(o3)CCN(C(=O)CC(C)C)C4)c2)c1. The second kappa shape index (κ2) is 10.0. The van der Waals surface area contributed by atoms with Crippen LogP contribution in [0.1, 0.15) is 41.9 Å². The van der Waals surface area contributed by atoms with Gasteiger partial charge in [0.25, 0.3) is 5.91 Å². The molecule has 3 aromatic rings. The topological polar surface area (TPSA) is 81.0 Å². The van der Waals surface area contributed by atoms with Crippen molar-refractivity contribution in [2.75, 3.05) is 26.1 Å². The summed E-state index contributed by atoms with van der Waals surface area (Å²) in [5, 5.41) is 2.93. The highest BCUT2D eigenvalue weighted by molar-refractivity contribution is 6.05. The van der Waals surface area contributed by atoms with Crippen LogP contribution in [0.4, 0.5) is 5.69 Å². The van der Waals surface area contributed by atoms with E-state index in [0.717, 1.165) is 22.6 Å². The molecule has 1 aliphatic heterocycles. The summed E-state index contributed by atoms with van der Waals surface area (Å²) in [4.78, 5) is 27.2. The van der Waals surface area contributed by atoms with Gasteiger partial charge in [-0.15, -0.1) is 0 Å². The zero-order valence-electron chi connectivity index (χ0n) is 20.0. The lowest BCUT2D eigenvalue weighted by Crippen LogP contribution is -2.35. The number of amides is 2. The predicted octanol–water partition coefficient (Wildman–Crippen LogP) is 5.15. The van der Waals surface area contributed by atoms with Gasteiger partial charge in [-0.25, -0.2) is 0 Å². The number of carbonyl (C=O) groups excluding carboxylic acids is 2. The molecule has 7 heteroatoms. The molecule has 2 heterocycles. The molecule has 7 nitrogen and oxygen atoms in total. The lowest BCUT2D eigenvalue weighted by Gasteiger charge is -2.26. The third kappa shape index (κ3) is 5.25. The summed E-state index contributed by atoms with van der Waals surface area (Å²) in [6.07, 6.45) is 1.26. The second-order valence-corrected chi connectivity index (χ2v) is 8.86. The largest absolute Gasteiger partial charge is 0.497 e. The van der Waals surface area contributed by atoms with Crippen molar-refractivity contribution < 1.29 is 23.5 Å². The number of hydrogen-bond acceptors (Lipinski definition) is 5. The number of nitrogens with zero attached hydrogens (tertiary/aromatic N) is 1. The number of rotatable bonds is 7. The van der Waals surface area contributed by atoms with E-state index in [2.05, 4.69) is 19.2 Å². The smallest absolute Gasteiger partial charge is 0.255 e. The first-order valence-electron chi connectivity index (χ1n) is 11.4. The van der Waals surface area contributed by atoms with Crippen molar-refractivity contribution in [1.82, 2.24) is 4.90 Å². The van der Waals surface area contributed by atoms with Crippen LogP contribution in [-0.4, -0.2) is 37.5 Å². The van der Waals surface area contributed by atoms with Crippen LogP contribution in [0.2, 0.25) is 0 Å². The molecular weight excluding hydrogens is 432 g/mol. The molecule has 4 rings (SSSR count). The van der Waals surface area contributed by atoms with Gasteiger partial charge >= 0.3 is 0 Å². The van der Waals surface area contributed by atoms with E-state index in [4.69, 9.17) is 13.9 Å². The number of nitrogens with one attached hydrogen (secondary N) is 1. The standard InChI is InChI=1S/C27H30N2O5/c1-17(2)10-26(30)29-9-8-24-20(16-29)14-25(34-24)18-6-5-7-21(11-18)28-27(31)19-12-22(32-3)15-23(13-19)33-4/h5-7,11-15,17H,8-10,16H2,1-4H3,(H,28,31). The lowest BCUT2D eigenvalue weighted by atomic mass is 10.0. The molecule has 0 atom stereocenters. The summed E-state index contributed by atoms with van der Waals surface area (Å²) in [7, 11) is 3.09. The van der Waals surface area contributed by atoms with Gasteiger partial charge in [0, 0.05) is 54.4 Å². The van der Waals surface area contributed by atoms with Crippen molar-refractivity contribution in [2.24, 2.45) is 5.92 Å². The summed E-state index contributed by atoms with van der Waals surface area (Å²) in [5.74, 6) is 2.98. The Balaban J connectivity index is 1.50. The maximum atomic E-state index is 12.9. The third-order valence-corrected chi connectivity index (χ3v) is 5.82. The van der Waals surface area contributed by atoms with Crippen molar-refractivity contribution in [3.63, 3.8) is 0 Å². The fourth-order valence-corrected chi connectivity index (χ4v) is 4.06. The first-order chi connectivity index (χ1) is 16.4. The Labute approximate surface area is 199 Å². The van der Waals surface area contributed by atoms with E-state index in [1.165, 1.54) is 0 Å². The molecule has 0 bridgehead atoms. The average Bonchev–Trinajstić information content (AvgIpc) is 3.27. The number of fused-ring (bicyclic) bond motifs is 1. The average molecular weight is 463 g/mol. The van der Waals surface area contributed by atoms with E-state index in [9.17, 15) is 9.59 Å². The quantitative estimate of drug-likeness (QED) is 0.525. The van der Waals surface area contributed by atoms with E-state index in [1.807, 2.05) is 35.2 Å². The zero-order valence-corrected chi connectivity index (χ0v) is 20.0. The number of methoxy groups -OCH3 is 2. The Bertz CT molecular complexity index is 1180. The van der Waals surface area contributed by atoms with Gasteiger partial charge in [-0.1, -0.05) is 26.0 Å². The highest BCUT2D eigenvalue weighted by atomic mass is 16.5. The van der Waals surface area contributed by atoms with Crippen LogP contribution in [0.25, 0.3) is 11.3 Å². The summed E-state index contributed by atoms with van der Waals surface area (Å²) in [5.41, 5.74) is 2.97. The molecular formula is C27H30N2O5. The third-order valence-electron chi connectivity index (χ3n) is 5.82. The summed E-state index contributed by atoms with van der Waals surface area (Å²) >= 11 is 0. The van der Waals surface area contributed by atoms with E-state index < -0.39 is 0 Å². The minimum Gasteiger partial charge on any atom is -0.497 e. The number of benzene rings is 2. The molecule has 0 aliphatic carbocycles. The van der Waals surface area contributed by atoms with Gasteiger partial charge < -0.3 is 24.1 Å². The van der Waals surface area contributed by atoms with Gasteiger partial charge in [-0.3, -0.25) is 9.59 Å². The number of ether oxygens (including phenoxy) is 2. The van der Waals surface area contributed by atoms with Crippen LogP contribution in [0.3, 0.4) is 0 Å². The van der Waals surface area contributed by atoms with E-state index in [0.29, 0.717) is 54.6 Å². The summed E-state index contributed by atoms with van der Waals surface area (Å²) in [6.45, 7) is 5.35.